The van der Waals surface area contributed by atoms with Crippen LogP contribution in [0, 0.1) is 0 Å². The van der Waals surface area contributed by atoms with E-state index in [1.807, 2.05) is 31.2 Å². The second kappa shape index (κ2) is 6.62. The van der Waals surface area contributed by atoms with Crippen LogP contribution in [0.25, 0.3) is 0 Å². The second-order valence-corrected chi connectivity index (χ2v) is 7.91. The lowest BCUT2D eigenvalue weighted by Crippen LogP contribution is -2.52. The number of halogens is 1. The fourth-order valence-electron chi connectivity index (χ4n) is 2.84. The Hall–Kier alpha value is -0.660. The predicted molar refractivity (Wildman–Crippen MR) is 85.8 cm³/mol. The number of hydrogen-bond donors (Lipinski definition) is 1. The average Bonchev–Trinajstić information content (AvgIpc) is 2.40. The van der Waals surface area contributed by atoms with E-state index in [9.17, 15) is 8.42 Å². The van der Waals surface area contributed by atoms with Gasteiger partial charge in [0.05, 0.1) is 12.3 Å². The van der Waals surface area contributed by atoms with E-state index in [2.05, 4.69) is 4.90 Å². The molecule has 0 amide bonds. The van der Waals surface area contributed by atoms with E-state index in [0.29, 0.717) is 31.2 Å². The van der Waals surface area contributed by atoms with Gasteiger partial charge in [0.15, 0.2) is 0 Å². The first-order chi connectivity index (χ1) is 9.80. The summed E-state index contributed by atoms with van der Waals surface area (Å²) >= 11 is 6.30. The molecular formula is C14H22ClN3O2S. The van der Waals surface area contributed by atoms with Crippen molar-refractivity contribution in [2.24, 2.45) is 5.73 Å². The van der Waals surface area contributed by atoms with Crippen molar-refractivity contribution in [2.45, 2.75) is 19.0 Å². The monoisotopic (exact) mass is 331 g/mol. The molecule has 118 valence electrons. The van der Waals surface area contributed by atoms with Crippen LogP contribution in [0.2, 0.25) is 5.02 Å². The van der Waals surface area contributed by atoms with Gasteiger partial charge in [-0.25, -0.2) is 8.42 Å². The zero-order chi connectivity index (χ0) is 15.6. The largest absolute Gasteiger partial charge is 0.326 e. The summed E-state index contributed by atoms with van der Waals surface area (Å²) in [7, 11) is -3.12. The molecule has 1 aromatic carbocycles. The molecule has 0 radical (unpaired) electrons. The first kappa shape index (κ1) is 16.7. The number of hydrogen-bond acceptors (Lipinski definition) is 4. The Morgan fingerprint density at radius 3 is 2.24 bits per heavy atom. The molecule has 0 spiro atoms. The molecule has 2 N–H and O–H groups in total. The molecule has 2 atom stereocenters. The highest BCUT2D eigenvalue weighted by Crippen LogP contribution is 2.30. The molecule has 2 unspecified atom stereocenters. The molecule has 1 aromatic rings. The van der Waals surface area contributed by atoms with Gasteiger partial charge in [0.2, 0.25) is 10.0 Å². The first-order valence-corrected chi connectivity index (χ1v) is 9.22. The van der Waals surface area contributed by atoms with Crippen LogP contribution in [0.15, 0.2) is 24.3 Å². The van der Waals surface area contributed by atoms with Gasteiger partial charge in [-0.2, -0.15) is 4.31 Å². The molecule has 1 aliphatic rings. The molecule has 21 heavy (non-hydrogen) atoms. The van der Waals surface area contributed by atoms with Crippen molar-refractivity contribution < 1.29 is 8.42 Å². The summed E-state index contributed by atoms with van der Waals surface area (Å²) in [6, 6.07) is 7.60. The lowest BCUT2D eigenvalue weighted by atomic mass is 9.98. The fraction of sp³-hybridized carbons (Fsp3) is 0.571. The lowest BCUT2D eigenvalue weighted by molar-refractivity contribution is 0.124. The van der Waals surface area contributed by atoms with Crippen molar-refractivity contribution in [1.82, 2.24) is 9.21 Å². The van der Waals surface area contributed by atoms with Crippen molar-refractivity contribution in [3.05, 3.63) is 34.9 Å². The Morgan fingerprint density at radius 1 is 1.19 bits per heavy atom. The molecule has 1 heterocycles. The molecule has 0 aliphatic carbocycles. The molecule has 7 heteroatoms. The van der Waals surface area contributed by atoms with Crippen LogP contribution in [0.1, 0.15) is 18.5 Å². The molecule has 0 saturated carbocycles. The number of sulfonamides is 1. The molecular weight excluding hydrogens is 310 g/mol. The number of benzene rings is 1. The van der Waals surface area contributed by atoms with Gasteiger partial charge < -0.3 is 5.73 Å². The Morgan fingerprint density at radius 2 is 1.76 bits per heavy atom. The van der Waals surface area contributed by atoms with Gasteiger partial charge in [-0.05, 0) is 18.6 Å². The minimum absolute atomic E-state index is 0.000380. The van der Waals surface area contributed by atoms with Crippen molar-refractivity contribution in [1.29, 1.82) is 0 Å². The Balaban J connectivity index is 2.17. The number of nitrogens with two attached hydrogens (primary N) is 1. The van der Waals surface area contributed by atoms with Crippen molar-refractivity contribution in [3.8, 4) is 0 Å². The smallest absolute Gasteiger partial charge is 0.211 e. The van der Waals surface area contributed by atoms with Crippen LogP contribution in [-0.4, -0.2) is 56.1 Å². The summed E-state index contributed by atoms with van der Waals surface area (Å²) in [6.07, 6.45) is 1.25. The SMILES string of the molecule is CC(N)C(c1ccccc1Cl)N1CCN(S(C)(=O)=O)CC1. The van der Waals surface area contributed by atoms with E-state index >= 15 is 0 Å². The van der Waals surface area contributed by atoms with E-state index < -0.39 is 10.0 Å². The van der Waals surface area contributed by atoms with Crippen LogP contribution in [0.3, 0.4) is 0 Å². The van der Waals surface area contributed by atoms with Gasteiger partial charge in [0, 0.05) is 37.2 Å². The van der Waals surface area contributed by atoms with Crippen molar-refractivity contribution >= 4 is 21.6 Å². The fourth-order valence-corrected chi connectivity index (χ4v) is 3.91. The van der Waals surface area contributed by atoms with Gasteiger partial charge in [-0.3, -0.25) is 4.90 Å². The van der Waals surface area contributed by atoms with Crippen LogP contribution in [0.4, 0.5) is 0 Å². The third-order valence-electron chi connectivity index (χ3n) is 3.86. The number of piperazine rings is 1. The molecule has 0 aromatic heterocycles. The lowest BCUT2D eigenvalue weighted by Gasteiger charge is -2.40. The summed E-state index contributed by atoms with van der Waals surface area (Å²) in [5.74, 6) is 0. The third kappa shape index (κ3) is 3.96. The summed E-state index contributed by atoms with van der Waals surface area (Å²) in [4.78, 5) is 2.22. The van der Waals surface area contributed by atoms with Gasteiger partial charge >= 0.3 is 0 Å². The summed E-state index contributed by atoms with van der Waals surface area (Å²) in [5.41, 5.74) is 7.16. The third-order valence-corrected chi connectivity index (χ3v) is 5.50. The average molecular weight is 332 g/mol. The Kier molecular flexibility index (Phi) is 5.27. The Labute approximate surface area is 131 Å². The maximum Gasteiger partial charge on any atom is 0.211 e. The minimum Gasteiger partial charge on any atom is -0.326 e. The predicted octanol–water partition coefficient (Wildman–Crippen LogP) is 1.31. The minimum atomic E-state index is -3.12. The second-order valence-electron chi connectivity index (χ2n) is 5.52. The molecule has 1 fully saturated rings. The van der Waals surface area contributed by atoms with Crippen LogP contribution in [-0.2, 0) is 10.0 Å². The summed E-state index contributed by atoms with van der Waals surface area (Å²) in [5, 5.41) is 0.699. The molecule has 5 nitrogen and oxygen atoms in total. The molecule has 2 rings (SSSR count). The van der Waals surface area contributed by atoms with Crippen molar-refractivity contribution in [2.75, 3.05) is 32.4 Å². The topological polar surface area (TPSA) is 66.6 Å². The Bertz CT molecular complexity index is 584. The first-order valence-electron chi connectivity index (χ1n) is 7.00. The number of nitrogens with zero attached hydrogens (tertiary/aromatic N) is 2. The molecule has 0 bridgehead atoms. The van der Waals surface area contributed by atoms with Gasteiger partial charge in [0.1, 0.15) is 0 Å². The zero-order valence-electron chi connectivity index (χ0n) is 12.4. The van der Waals surface area contributed by atoms with Gasteiger partial charge in [-0.1, -0.05) is 29.8 Å². The maximum absolute atomic E-state index is 11.6. The van der Waals surface area contributed by atoms with E-state index in [1.165, 1.54) is 10.6 Å². The van der Waals surface area contributed by atoms with E-state index in [0.717, 1.165) is 5.56 Å². The van der Waals surface area contributed by atoms with Crippen LogP contribution in [0.5, 0.6) is 0 Å². The summed E-state index contributed by atoms with van der Waals surface area (Å²) < 4.78 is 24.7. The van der Waals surface area contributed by atoms with Crippen LogP contribution >= 0.6 is 11.6 Å². The summed E-state index contributed by atoms with van der Waals surface area (Å²) in [6.45, 7) is 4.25. The van der Waals surface area contributed by atoms with E-state index in [4.69, 9.17) is 17.3 Å². The van der Waals surface area contributed by atoms with Gasteiger partial charge in [0.25, 0.3) is 0 Å². The standard InChI is InChI=1S/C14H22ClN3O2S/c1-11(16)14(12-5-3-4-6-13(12)15)17-7-9-18(10-8-17)21(2,19)20/h3-6,11,14H,7-10,16H2,1-2H3. The number of rotatable bonds is 4. The highest BCUT2D eigenvalue weighted by atomic mass is 35.5. The van der Waals surface area contributed by atoms with Crippen LogP contribution < -0.4 is 5.73 Å². The highest BCUT2D eigenvalue weighted by Gasteiger charge is 2.31. The van der Waals surface area contributed by atoms with E-state index in [1.54, 1.807) is 0 Å². The van der Waals surface area contributed by atoms with Gasteiger partial charge in [-0.15, -0.1) is 0 Å². The molecule has 1 aliphatic heterocycles. The van der Waals surface area contributed by atoms with E-state index in [-0.39, 0.29) is 12.1 Å². The molecule has 1 saturated heterocycles. The van der Waals surface area contributed by atoms with Crippen molar-refractivity contribution in [3.63, 3.8) is 0 Å². The zero-order valence-corrected chi connectivity index (χ0v) is 13.9. The quantitative estimate of drug-likeness (QED) is 0.903. The maximum atomic E-state index is 11.6. The normalized spacial score (nSPS) is 21.1. The highest BCUT2D eigenvalue weighted by molar-refractivity contribution is 7.88.